The van der Waals surface area contributed by atoms with Crippen LogP contribution in [0.3, 0.4) is 0 Å². The fourth-order valence-electron chi connectivity index (χ4n) is 2.69. The predicted octanol–water partition coefficient (Wildman–Crippen LogP) is 4.04. The lowest BCUT2D eigenvalue weighted by Crippen LogP contribution is -2.11. The number of ether oxygens (including phenoxy) is 2. The van der Waals surface area contributed by atoms with E-state index in [4.69, 9.17) is 19.0 Å². The number of hydrogen-bond acceptors (Lipinski definition) is 4. The molecule has 1 heterocycles. The van der Waals surface area contributed by atoms with E-state index in [1.165, 1.54) is 5.56 Å². The summed E-state index contributed by atoms with van der Waals surface area (Å²) in [7, 11) is 0. The van der Waals surface area contributed by atoms with Crippen molar-refractivity contribution >= 4 is 16.9 Å². The minimum atomic E-state index is -1.03. The standard InChI is InChI=1S/C20H20O5/c1-14(10-15-6-3-2-4-7-15)23-11-16-12-25-20-17(16)8-5-9-18(20)24-13-19(21)22/h2-9,12,14H,10-11,13H2,1H3,(H,21,22). The summed E-state index contributed by atoms with van der Waals surface area (Å²) in [5, 5.41) is 9.61. The van der Waals surface area contributed by atoms with Crippen LogP contribution in [-0.4, -0.2) is 23.8 Å². The Morgan fingerprint density at radius 2 is 1.96 bits per heavy atom. The quantitative estimate of drug-likeness (QED) is 0.670. The van der Waals surface area contributed by atoms with Crippen molar-refractivity contribution in [2.45, 2.75) is 26.1 Å². The van der Waals surface area contributed by atoms with Gasteiger partial charge in [0.1, 0.15) is 0 Å². The van der Waals surface area contributed by atoms with Gasteiger partial charge in [0.25, 0.3) is 0 Å². The van der Waals surface area contributed by atoms with E-state index in [1.54, 1.807) is 12.3 Å². The van der Waals surface area contributed by atoms with Gasteiger partial charge in [0, 0.05) is 10.9 Å². The van der Waals surface area contributed by atoms with E-state index in [0.717, 1.165) is 17.4 Å². The molecule has 0 aliphatic rings. The first kappa shape index (κ1) is 17.0. The number of benzene rings is 2. The molecule has 0 amide bonds. The minimum Gasteiger partial charge on any atom is -0.479 e. The Kier molecular flexibility index (Phi) is 5.36. The van der Waals surface area contributed by atoms with Gasteiger partial charge in [0.05, 0.1) is 19.0 Å². The van der Waals surface area contributed by atoms with Gasteiger partial charge in [-0.05, 0) is 25.0 Å². The van der Waals surface area contributed by atoms with Crippen molar-refractivity contribution in [3.05, 3.63) is 65.9 Å². The first-order valence-corrected chi connectivity index (χ1v) is 8.12. The lowest BCUT2D eigenvalue weighted by Gasteiger charge is -2.12. The molecule has 3 rings (SSSR count). The zero-order valence-electron chi connectivity index (χ0n) is 14.0. The van der Waals surface area contributed by atoms with Crippen LogP contribution in [-0.2, 0) is 22.6 Å². The average Bonchev–Trinajstić information content (AvgIpc) is 3.03. The van der Waals surface area contributed by atoms with Crippen LogP contribution in [0.15, 0.2) is 59.2 Å². The lowest BCUT2D eigenvalue weighted by atomic mass is 10.1. The van der Waals surface area contributed by atoms with Crippen LogP contribution in [0.2, 0.25) is 0 Å². The number of para-hydroxylation sites is 1. The second-order valence-corrected chi connectivity index (χ2v) is 5.89. The highest BCUT2D eigenvalue weighted by molar-refractivity contribution is 5.86. The molecule has 2 aromatic carbocycles. The fraction of sp³-hybridized carbons (Fsp3) is 0.250. The molecule has 5 nitrogen and oxygen atoms in total. The van der Waals surface area contributed by atoms with E-state index in [0.29, 0.717) is 17.9 Å². The summed E-state index contributed by atoms with van der Waals surface area (Å²) in [5.74, 6) is -0.606. The smallest absolute Gasteiger partial charge is 0.341 e. The van der Waals surface area contributed by atoms with Crippen molar-refractivity contribution in [2.24, 2.45) is 0 Å². The average molecular weight is 340 g/mol. The van der Waals surface area contributed by atoms with Crippen LogP contribution in [0, 0.1) is 0 Å². The van der Waals surface area contributed by atoms with Crippen molar-refractivity contribution in [1.82, 2.24) is 0 Å². The van der Waals surface area contributed by atoms with Crippen LogP contribution in [0.1, 0.15) is 18.1 Å². The molecule has 1 aromatic heterocycles. The molecule has 0 bridgehead atoms. The highest BCUT2D eigenvalue weighted by Crippen LogP contribution is 2.30. The number of hydrogen-bond donors (Lipinski definition) is 1. The third-order valence-corrected chi connectivity index (χ3v) is 3.88. The zero-order chi connectivity index (χ0) is 17.6. The maximum Gasteiger partial charge on any atom is 0.341 e. The Morgan fingerprint density at radius 1 is 1.16 bits per heavy atom. The van der Waals surface area contributed by atoms with Gasteiger partial charge in [0.2, 0.25) is 0 Å². The Morgan fingerprint density at radius 3 is 2.72 bits per heavy atom. The topological polar surface area (TPSA) is 68.9 Å². The molecule has 0 spiro atoms. The van der Waals surface area contributed by atoms with E-state index in [9.17, 15) is 4.79 Å². The van der Waals surface area contributed by atoms with Crippen LogP contribution in [0.25, 0.3) is 11.0 Å². The molecule has 130 valence electrons. The molecule has 25 heavy (non-hydrogen) atoms. The van der Waals surface area contributed by atoms with Crippen molar-refractivity contribution in [3.63, 3.8) is 0 Å². The van der Waals surface area contributed by atoms with Gasteiger partial charge in [-0.25, -0.2) is 4.79 Å². The molecule has 0 saturated heterocycles. The molecule has 0 radical (unpaired) electrons. The van der Waals surface area contributed by atoms with E-state index >= 15 is 0 Å². The number of carbonyl (C=O) groups is 1. The Bertz CT molecular complexity index is 838. The van der Waals surface area contributed by atoms with Gasteiger partial charge in [-0.1, -0.05) is 42.5 Å². The van der Waals surface area contributed by atoms with Gasteiger partial charge >= 0.3 is 5.97 Å². The predicted molar refractivity (Wildman–Crippen MR) is 93.7 cm³/mol. The molecule has 0 aliphatic heterocycles. The van der Waals surface area contributed by atoms with Gasteiger partial charge in [-0.3, -0.25) is 0 Å². The van der Waals surface area contributed by atoms with Gasteiger partial charge in [0.15, 0.2) is 17.9 Å². The van der Waals surface area contributed by atoms with Crippen molar-refractivity contribution in [3.8, 4) is 5.75 Å². The number of carboxylic acid groups (broad SMARTS) is 1. The number of furan rings is 1. The van der Waals surface area contributed by atoms with E-state index < -0.39 is 12.6 Å². The fourth-order valence-corrected chi connectivity index (χ4v) is 2.69. The van der Waals surface area contributed by atoms with E-state index in [-0.39, 0.29) is 6.10 Å². The Labute approximate surface area is 145 Å². The van der Waals surface area contributed by atoms with Gasteiger partial charge in [-0.2, -0.15) is 0 Å². The van der Waals surface area contributed by atoms with Gasteiger partial charge in [-0.15, -0.1) is 0 Å². The first-order valence-electron chi connectivity index (χ1n) is 8.12. The molecule has 0 fully saturated rings. The van der Waals surface area contributed by atoms with Crippen LogP contribution < -0.4 is 4.74 Å². The van der Waals surface area contributed by atoms with Crippen LogP contribution in [0.4, 0.5) is 0 Å². The van der Waals surface area contributed by atoms with Crippen molar-refractivity contribution < 1.29 is 23.8 Å². The summed E-state index contributed by atoms with van der Waals surface area (Å²) in [6.07, 6.45) is 2.54. The van der Waals surface area contributed by atoms with Crippen LogP contribution >= 0.6 is 0 Å². The largest absolute Gasteiger partial charge is 0.479 e. The molecular formula is C20H20O5. The van der Waals surface area contributed by atoms with Crippen molar-refractivity contribution in [1.29, 1.82) is 0 Å². The molecule has 0 aliphatic carbocycles. The third kappa shape index (κ3) is 4.39. The summed E-state index contributed by atoms with van der Waals surface area (Å²) in [5.41, 5.74) is 2.69. The zero-order valence-corrected chi connectivity index (χ0v) is 14.0. The number of aliphatic carboxylic acids is 1. The normalized spacial score (nSPS) is 12.2. The highest BCUT2D eigenvalue weighted by Gasteiger charge is 2.13. The second-order valence-electron chi connectivity index (χ2n) is 5.89. The molecule has 5 heteroatoms. The Hall–Kier alpha value is -2.79. The number of carboxylic acids is 1. The third-order valence-electron chi connectivity index (χ3n) is 3.88. The molecule has 0 saturated carbocycles. The van der Waals surface area contributed by atoms with Crippen LogP contribution in [0.5, 0.6) is 5.75 Å². The highest BCUT2D eigenvalue weighted by atomic mass is 16.5. The number of fused-ring (bicyclic) bond motifs is 1. The lowest BCUT2D eigenvalue weighted by molar-refractivity contribution is -0.139. The molecule has 1 unspecified atom stereocenters. The summed E-state index contributed by atoms with van der Waals surface area (Å²) in [6, 6.07) is 15.6. The summed E-state index contributed by atoms with van der Waals surface area (Å²) < 4.78 is 16.8. The Balaban J connectivity index is 1.65. The maximum atomic E-state index is 10.7. The van der Waals surface area contributed by atoms with E-state index in [1.807, 2.05) is 37.3 Å². The first-order chi connectivity index (χ1) is 12.1. The summed E-state index contributed by atoms with van der Waals surface area (Å²) >= 11 is 0. The molecule has 1 N–H and O–H groups in total. The summed E-state index contributed by atoms with van der Waals surface area (Å²) in [6.45, 7) is 2.06. The van der Waals surface area contributed by atoms with Gasteiger partial charge < -0.3 is 19.0 Å². The molecule has 1 atom stereocenters. The maximum absolute atomic E-state index is 10.7. The molecule has 3 aromatic rings. The monoisotopic (exact) mass is 340 g/mol. The minimum absolute atomic E-state index is 0.0683. The second kappa shape index (κ2) is 7.85. The summed E-state index contributed by atoms with van der Waals surface area (Å²) in [4.78, 5) is 10.7. The SMILES string of the molecule is CC(Cc1ccccc1)OCc1coc2c(OCC(=O)O)cccc12. The van der Waals surface area contributed by atoms with Crippen molar-refractivity contribution in [2.75, 3.05) is 6.61 Å². The van der Waals surface area contributed by atoms with E-state index in [2.05, 4.69) is 12.1 Å². The number of rotatable bonds is 8. The molecular weight excluding hydrogens is 320 g/mol.